The van der Waals surface area contributed by atoms with Crippen LogP contribution in [0.3, 0.4) is 0 Å². The van der Waals surface area contributed by atoms with Crippen LogP contribution < -0.4 is 11.1 Å². The molecular formula is C14H19N3O2. The zero-order valence-corrected chi connectivity index (χ0v) is 11.0. The van der Waals surface area contributed by atoms with E-state index in [1.54, 1.807) is 24.3 Å². The van der Waals surface area contributed by atoms with Crippen molar-refractivity contribution in [1.29, 1.82) is 0 Å². The summed E-state index contributed by atoms with van der Waals surface area (Å²) in [5.74, 6) is 0.296. The number of aldehydes is 1. The predicted molar refractivity (Wildman–Crippen MR) is 75.2 cm³/mol. The molecular weight excluding hydrogens is 242 g/mol. The molecule has 1 amide bonds. The highest BCUT2D eigenvalue weighted by atomic mass is 16.2. The van der Waals surface area contributed by atoms with Gasteiger partial charge in [-0.25, -0.2) is 0 Å². The van der Waals surface area contributed by atoms with E-state index in [1.165, 1.54) is 0 Å². The molecule has 3 N–H and O–H groups in total. The Labute approximate surface area is 112 Å². The number of hydrogen-bond donors (Lipinski definition) is 2. The molecule has 0 aromatic heterocycles. The SMILES string of the molecule is CCC(N)=NCCC(C=O)NC(=O)c1ccccc1. The summed E-state index contributed by atoms with van der Waals surface area (Å²) in [4.78, 5) is 26.9. The second-order valence-corrected chi connectivity index (χ2v) is 4.10. The third-order valence-corrected chi connectivity index (χ3v) is 2.63. The smallest absolute Gasteiger partial charge is 0.251 e. The van der Waals surface area contributed by atoms with E-state index in [-0.39, 0.29) is 5.91 Å². The number of nitrogens with two attached hydrogens (primary N) is 1. The molecule has 0 fully saturated rings. The van der Waals surface area contributed by atoms with Gasteiger partial charge in [0.15, 0.2) is 0 Å². The maximum atomic E-state index is 11.8. The Morgan fingerprint density at radius 3 is 2.68 bits per heavy atom. The summed E-state index contributed by atoms with van der Waals surface area (Å²) >= 11 is 0. The van der Waals surface area contributed by atoms with Crippen molar-refractivity contribution < 1.29 is 9.59 Å². The predicted octanol–water partition coefficient (Wildman–Crippen LogP) is 1.14. The zero-order valence-electron chi connectivity index (χ0n) is 11.0. The van der Waals surface area contributed by atoms with Gasteiger partial charge in [-0.1, -0.05) is 25.1 Å². The second kappa shape index (κ2) is 8.02. The fourth-order valence-electron chi connectivity index (χ4n) is 1.47. The molecule has 0 saturated heterocycles. The van der Waals surface area contributed by atoms with Crippen molar-refractivity contribution in [1.82, 2.24) is 5.32 Å². The molecule has 1 aromatic rings. The van der Waals surface area contributed by atoms with Gasteiger partial charge in [-0.05, 0) is 18.6 Å². The summed E-state index contributed by atoms with van der Waals surface area (Å²) in [7, 11) is 0. The van der Waals surface area contributed by atoms with E-state index in [4.69, 9.17) is 5.73 Å². The van der Waals surface area contributed by atoms with Crippen LogP contribution in [0.4, 0.5) is 0 Å². The second-order valence-electron chi connectivity index (χ2n) is 4.10. The number of carbonyl (C=O) groups excluding carboxylic acids is 2. The first-order chi connectivity index (χ1) is 9.17. The summed E-state index contributed by atoms with van der Waals surface area (Å²) in [6.07, 6.45) is 1.85. The lowest BCUT2D eigenvalue weighted by molar-refractivity contribution is -0.109. The highest BCUT2D eigenvalue weighted by Gasteiger charge is 2.12. The molecule has 1 atom stereocenters. The van der Waals surface area contributed by atoms with Crippen LogP contribution in [0.2, 0.25) is 0 Å². The van der Waals surface area contributed by atoms with E-state index in [9.17, 15) is 9.59 Å². The van der Waals surface area contributed by atoms with E-state index >= 15 is 0 Å². The quantitative estimate of drug-likeness (QED) is 0.438. The molecule has 0 bridgehead atoms. The van der Waals surface area contributed by atoms with E-state index in [2.05, 4.69) is 10.3 Å². The summed E-state index contributed by atoms with van der Waals surface area (Å²) in [5, 5.41) is 2.66. The fourth-order valence-corrected chi connectivity index (χ4v) is 1.47. The Bertz CT molecular complexity index is 443. The van der Waals surface area contributed by atoms with Gasteiger partial charge < -0.3 is 15.8 Å². The van der Waals surface area contributed by atoms with E-state index < -0.39 is 6.04 Å². The molecule has 19 heavy (non-hydrogen) atoms. The Hall–Kier alpha value is -2.17. The maximum Gasteiger partial charge on any atom is 0.251 e. The zero-order chi connectivity index (χ0) is 14.1. The lowest BCUT2D eigenvalue weighted by atomic mass is 10.1. The van der Waals surface area contributed by atoms with Gasteiger partial charge in [-0.2, -0.15) is 0 Å². The lowest BCUT2D eigenvalue weighted by Crippen LogP contribution is -2.36. The average molecular weight is 261 g/mol. The minimum atomic E-state index is -0.541. The molecule has 0 radical (unpaired) electrons. The standard InChI is InChI=1S/C14H19N3O2/c1-2-13(15)16-9-8-12(10-18)17-14(19)11-6-4-3-5-7-11/h3-7,10,12H,2,8-9H2,1H3,(H2,15,16)(H,17,19). The largest absolute Gasteiger partial charge is 0.387 e. The van der Waals surface area contributed by atoms with Crippen LogP contribution in [0.5, 0.6) is 0 Å². The first-order valence-electron chi connectivity index (χ1n) is 6.27. The molecule has 0 spiro atoms. The van der Waals surface area contributed by atoms with Crippen molar-refractivity contribution in [2.75, 3.05) is 6.54 Å². The van der Waals surface area contributed by atoms with Gasteiger partial charge in [-0.15, -0.1) is 0 Å². The first kappa shape index (κ1) is 14.9. The molecule has 0 heterocycles. The average Bonchev–Trinajstić information content (AvgIpc) is 2.46. The highest BCUT2D eigenvalue weighted by molar-refractivity contribution is 5.95. The van der Waals surface area contributed by atoms with Crippen molar-refractivity contribution in [3.05, 3.63) is 35.9 Å². The molecule has 5 nitrogen and oxygen atoms in total. The van der Waals surface area contributed by atoms with Gasteiger partial charge in [0.05, 0.1) is 11.9 Å². The molecule has 0 saturated carbocycles. The summed E-state index contributed by atoms with van der Waals surface area (Å²) in [6, 6.07) is 8.24. The Balaban J connectivity index is 2.49. The van der Waals surface area contributed by atoms with Gasteiger partial charge in [0.1, 0.15) is 6.29 Å². The third kappa shape index (κ3) is 5.33. The van der Waals surface area contributed by atoms with Crippen molar-refractivity contribution in [2.24, 2.45) is 10.7 Å². The van der Waals surface area contributed by atoms with E-state index in [0.29, 0.717) is 30.8 Å². The van der Waals surface area contributed by atoms with E-state index in [0.717, 1.165) is 6.29 Å². The number of carbonyl (C=O) groups is 2. The number of amidine groups is 1. The molecule has 5 heteroatoms. The van der Waals surface area contributed by atoms with Crippen LogP contribution in [0.1, 0.15) is 30.1 Å². The van der Waals surface area contributed by atoms with E-state index in [1.807, 2.05) is 13.0 Å². The molecule has 0 aliphatic carbocycles. The number of nitrogens with one attached hydrogen (secondary N) is 1. The van der Waals surface area contributed by atoms with Crippen LogP contribution in [0.25, 0.3) is 0 Å². The number of aliphatic imine (C=N–C) groups is 1. The maximum absolute atomic E-state index is 11.8. The van der Waals surface area contributed by atoms with Crippen LogP contribution in [-0.4, -0.2) is 30.6 Å². The van der Waals surface area contributed by atoms with Gasteiger partial charge in [0, 0.05) is 18.5 Å². The number of hydrogen-bond acceptors (Lipinski definition) is 3. The van der Waals surface area contributed by atoms with Crippen molar-refractivity contribution in [2.45, 2.75) is 25.8 Å². The number of rotatable bonds is 7. The van der Waals surface area contributed by atoms with Gasteiger partial charge in [-0.3, -0.25) is 9.79 Å². The molecule has 1 rings (SSSR count). The van der Waals surface area contributed by atoms with Crippen molar-refractivity contribution in [3.63, 3.8) is 0 Å². The summed E-state index contributed by atoms with van der Waals surface area (Å²) in [5.41, 5.74) is 6.10. The minimum Gasteiger partial charge on any atom is -0.387 e. The van der Waals surface area contributed by atoms with Crippen LogP contribution in [-0.2, 0) is 4.79 Å². The van der Waals surface area contributed by atoms with Crippen molar-refractivity contribution in [3.8, 4) is 0 Å². The number of benzene rings is 1. The van der Waals surface area contributed by atoms with Gasteiger partial charge in [0.25, 0.3) is 5.91 Å². The summed E-state index contributed by atoms with van der Waals surface area (Å²) in [6.45, 7) is 2.34. The molecule has 102 valence electrons. The van der Waals surface area contributed by atoms with Crippen LogP contribution in [0, 0.1) is 0 Å². The molecule has 1 aromatic carbocycles. The third-order valence-electron chi connectivity index (χ3n) is 2.63. The lowest BCUT2D eigenvalue weighted by Gasteiger charge is -2.11. The molecule has 0 aliphatic rings. The number of amides is 1. The molecule has 0 aliphatic heterocycles. The highest BCUT2D eigenvalue weighted by Crippen LogP contribution is 2.00. The Kier molecular flexibility index (Phi) is 6.29. The van der Waals surface area contributed by atoms with Gasteiger partial charge in [0.2, 0.25) is 0 Å². The van der Waals surface area contributed by atoms with Crippen LogP contribution in [0.15, 0.2) is 35.3 Å². The molecule has 1 unspecified atom stereocenters. The van der Waals surface area contributed by atoms with Gasteiger partial charge >= 0.3 is 0 Å². The topological polar surface area (TPSA) is 84.5 Å². The van der Waals surface area contributed by atoms with Crippen LogP contribution >= 0.6 is 0 Å². The van der Waals surface area contributed by atoms with Crippen molar-refractivity contribution >= 4 is 18.0 Å². The minimum absolute atomic E-state index is 0.259. The Morgan fingerprint density at radius 2 is 2.11 bits per heavy atom. The Morgan fingerprint density at radius 1 is 1.42 bits per heavy atom. The monoisotopic (exact) mass is 261 g/mol. The summed E-state index contributed by atoms with van der Waals surface area (Å²) < 4.78 is 0. The fraction of sp³-hybridized carbons (Fsp3) is 0.357. The number of nitrogens with zero attached hydrogens (tertiary/aromatic N) is 1. The first-order valence-corrected chi connectivity index (χ1v) is 6.27. The normalized spacial score (nSPS) is 12.8.